The zero-order chi connectivity index (χ0) is 21.5. The summed E-state index contributed by atoms with van der Waals surface area (Å²) in [6, 6.07) is 8.38. The average molecular weight is 393 g/mol. The van der Waals surface area contributed by atoms with Gasteiger partial charge in [-0.3, -0.25) is 4.79 Å². The van der Waals surface area contributed by atoms with Crippen LogP contribution in [0.4, 0.5) is 9.18 Å². The number of rotatable bonds is 6. The summed E-state index contributed by atoms with van der Waals surface area (Å²) in [6.45, 7) is 11.9. The summed E-state index contributed by atoms with van der Waals surface area (Å²) >= 11 is 0. The number of halogens is 1. The van der Waals surface area contributed by atoms with Crippen LogP contribution in [0, 0.1) is 5.92 Å². The molecule has 0 spiro atoms. The van der Waals surface area contributed by atoms with E-state index in [1.165, 1.54) is 13.0 Å². The highest BCUT2D eigenvalue weighted by Gasteiger charge is 2.26. The van der Waals surface area contributed by atoms with Crippen molar-refractivity contribution in [3.63, 3.8) is 0 Å². The predicted octanol–water partition coefficient (Wildman–Crippen LogP) is 4.95. The third-order valence-electron chi connectivity index (χ3n) is 3.52. The van der Waals surface area contributed by atoms with Crippen LogP contribution in [-0.4, -0.2) is 29.3 Å². The van der Waals surface area contributed by atoms with Gasteiger partial charge in [0.25, 0.3) is 0 Å². The molecule has 1 amide bonds. The second-order valence-corrected chi connectivity index (χ2v) is 8.75. The Bertz CT molecular complexity index is 687. The molecule has 6 heteroatoms. The second-order valence-electron chi connectivity index (χ2n) is 8.75. The fraction of sp³-hybridized carbons (Fsp3) is 0.545. The molecule has 2 atom stereocenters. The van der Waals surface area contributed by atoms with Gasteiger partial charge in [0, 0.05) is 0 Å². The SMILES string of the molecule is C[C@@H](NC(=O)OC(C)(C)C)/C(F)=C/[C@@H](Cc1ccccc1)C(=O)OC(C)(C)C. The lowest BCUT2D eigenvalue weighted by Crippen LogP contribution is -2.38. The van der Waals surface area contributed by atoms with Gasteiger partial charge in [0.1, 0.15) is 17.0 Å². The molecule has 1 aromatic rings. The summed E-state index contributed by atoms with van der Waals surface area (Å²) in [5.41, 5.74) is -0.484. The topological polar surface area (TPSA) is 64.6 Å². The molecule has 0 heterocycles. The van der Waals surface area contributed by atoms with Crippen LogP contribution in [0.1, 0.15) is 54.0 Å². The summed E-state index contributed by atoms with van der Waals surface area (Å²) in [5, 5.41) is 2.44. The maximum atomic E-state index is 14.7. The number of carbonyl (C=O) groups is 2. The Morgan fingerprint density at radius 2 is 1.57 bits per heavy atom. The van der Waals surface area contributed by atoms with E-state index in [1.54, 1.807) is 41.5 Å². The van der Waals surface area contributed by atoms with Crippen LogP contribution < -0.4 is 5.32 Å². The van der Waals surface area contributed by atoms with Crippen molar-refractivity contribution in [2.24, 2.45) is 5.92 Å². The first kappa shape index (κ1) is 23.7. The van der Waals surface area contributed by atoms with E-state index in [0.29, 0.717) is 6.42 Å². The number of benzene rings is 1. The molecule has 0 aromatic heterocycles. The van der Waals surface area contributed by atoms with Crippen molar-refractivity contribution >= 4 is 12.1 Å². The molecule has 1 N–H and O–H groups in total. The molecule has 156 valence electrons. The lowest BCUT2D eigenvalue weighted by Gasteiger charge is -2.24. The molecular weight excluding hydrogens is 361 g/mol. The summed E-state index contributed by atoms with van der Waals surface area (Å²) in [7, 11) is 0. The van der Waals surface area contributed by atoms with E-state index < -0.39 is 41.1 Å². The first-order valence-corrected chi connectivity index (χ1v) is 9.40. The van der Waals surface area contributed by atoms with Crippen molar-refractivity contribution in [1.29, 1.82) is 0 Å². The van der Waals surface area contributed by atoms with E-state index >= 15 is 0 Å². The average Bonchev–Trinajstić information content (AvgIpc) is 2.51. The van der Waals surface area contributed by atoms with Gasteiger partial charge in [0.2, 0.25) is 0 Å². The van der Waals surface area contributed by atoms with Gasteiger partial charge in [0.05, 0.1) is 12.0 Å². The fourth-order valence-electron chi connectivity index (χ4n) is 2.35. The van der Waals surface area contributed by atoms with Crippen LogP contribution in [0.2, 0.25) is 0 Å². The lowest BCUT2D eigenvalue weighted by molar-refractivity contribution is -0.158. The minimum Gasteiger partial charge on any atom is -0.460 e. The molecule has 0 aliphatic rings. The molecule has 1 rings (SSSR count). The number of alkyl carbamates (subject to hydrolysis) is 1. The van der Waals surface area contributed by atoms with Gasteiger partial charge < -0.3 is 14.8 Å². The Morgan fingerprint density at radius 1 is 1.04 bits per heavy atom. The van der Waals surface area contributed by atoms with Gasteiger partial charge in [-0.1, -0.05) is 30.3 Å². The predicted molar refractivity (Wildman–Crippen MR) is 108 cm³/mol. The molecular formula is C22H32FNO4. The smallest absolute Gasteiger partial charge is 0.408 e. The number of hydrogen-bond donors (Lipinski definition) is 1. The van der Waals surface area contributed by atoms with E-state index in [1.807, 2.05) is 30.3 Å². The number of nitrogens with one attached hydrogen (secondary N) is 1. The summed E-state index contributed by atoms with van der Waals surface area (Å²) in [5.74, 6) is -1.96. The van der Waals surface area contributed by atoms with Crippen LogP contribution in [-0.2, 0) is 20.7 Å². The molecule has 0 aliphatic heterocycles. The normalized spacial score (nSPS) is 14.8. The number of ether oxygens (including phenoxy) is 2. The Hall–Kier alpha value is -2.37. The van der Waals surface area contributed by atoms with E-state index in [0.717, 1.165) is 5.56 Å². The molecule has 0 unspecified atom stereocenters. The van der Waals surface area contributed by atoms with Gasteiger partial charge in [-0.2, -0.15) is 0 Å². The van der Waals surface area contributed by atoms with E-state index in [9.17, 15) is 14.0 Å². The van der Waals surface area contributed by atoms with Crippen LogP contribution in [0.15, 0.2) is 42.2 Å². The molecule has 0 bridgehead atoms. The molecule has 5 nitrogen and oxygen atoms in total. The minimum absolute atomic E-state index is 0.294. The highest BCUT2D eigenvalue weighted by atomic mass is 19.1. The van der Waals surface area contributed by atoms with Gasteiger partial charge >= 0.3 is 12.1 Å². The summed E-state index contributed by atoms with van der Waals surface area (Å²) in [6.07, 6.45) is 0.784. The molecule has 28 heavy (non-hydrogen) atoms. The van der Waals surface area contributed by atoms with E-state index in [4.69, 9.17) is 9.47 Å². The molecule has 0 saturated carbocycles. The molecule has 0 saturated heterocycles. The fourth-order valence-corrected chi connectivity index (χ4v) is 2.35. The Balaban J connectivity index is 2.95. The van der Waals surface area contributed by atoms with Gasteiger partial charge in [-0.05, 0) is 66.5 Å². The van der Waals surface area contributed by atoms with Gasteiger partial charge in [-0.15, -0.1) is 0 Å². The number of carbonyl (C=O) groups excluding carboxylic acids is 2. The summed E-state index contributed by atoms with van der Waals surface area (Å²) in [4.78, 5) is 24.4. The van der Waals surface area contributed by atoms with Gasteiger partial charge in [0.15, 0.2) is 0 Å². The van der Waals surface area contributed by atoms with Crippen LogP contribution >= 0.6 is 0 Å². The maximum Gasteiger partial charge on any atom is 0.408 e. The molecule has 0 fully saturated rings. The highest BCUT2D eigenvalue weighted by molar-refractivity contribution is 5.75. The standard InChI is InChI=1S/C22H32FNO4/c1-15(24-20(26)28-22(5,6)7)18(23)14-17(19(25)27-21(2,3)4)13-16-11-9-8-10-12-16/h8-12,14-15,17H,13H2,1-7H3,(H,24,26)/b18-14-/t15-,17-/m1/s1. The zero-order valence-electron chi connectivity index (χ0n) is 17.8. The van der Waals surface area contributed by atoms with Crippen molar-refractivity contribution in [1.82, 2.24) is 5.32 Å². The maximum absolute atomic E-state index is 14.7. The number of amides is 1. The Kier molecular flexibility index (Phi) is 8.21. The monoisotopic (exact) mass is 393 g/mol. The van der Waals surface area contributed by atoms with Gasteiger partial charge in [-0.25, -0.2) is 9.18 Å². The number of hydrogen-bond acceptors (Lipinski definition) is 4. The van der Waals surface area contributed by atoms with E-state index in [2.05, 4.69) is 5.32 Å². The van der Waals surface area contributed by atoms with Crippen LogP contribution in [0.5, 0.6) is 0 Å². The second kappa shape index (κ2) is 9.71. The van der Waals surface area contributed by atoms with Crippen molar-refractivity contribution in [3.05, 3.63) is 47.8 Å². The van der Waals surface area contributed by atoms with Crippen LogP contribution in [0.25, 0.3) is 0 Å². The van der Waals surface area contributed by atoms with Crippen molar-refractivity contribution in [3.8, 4) is 0 Å². The van der Waals surface area contributed by atoms with E-state index in [-0.39, 0.29) is 0 Å². The lowest BCUT2D eigenvalue weighted by atomic mass is 9.97. The first-order chi connectivity index (χ1) is 12.8. The third kappa shape index (κ3) is 9.53. The zero-order valence-corrected chi connectivity index (χ0v) is 17.8. The quantitative estimate of drug-likeness (QED) is 0.694. The first-order valence-electron chi connectivity index (χ1n) is 9.40. The summed E-state index contributed by atoms with van der Waals surface area (Å²) < 4.78 is 25.3. The third-order valence-corrected chi connectivity index (χ3v) is 3.52. The molecule has 1 aromatic carbocycles. The molecule has 0 aliphatic carbocycles. The highest BCUT2D eigenvalue weighted by Crippen LogP contribution is 2.20. The number of esters is 1. The van der Waals surface area contributed by atoms with Crippen LogP contribution in [0.3, 0.4) is 0 Å². The Labute approximate surface area is 167 Å². The van der Waals surface area contributed by atoms with Crippen molar-refractivity contribution in [2.45, 2.75) is 72.1 Å². The van der Waals surface area contributed by atoms with Crippen molar-refractivity contribution in [2.75, 3.05) is 0 Å². The Morgan fingerprint density at radius 3 is 2.07 bits per heavy atom. The molecule has 0 radical (unpaired) electrons. The minimum atomic E-state index is -0.935. The largest absolute Gasteiger partial charge is 0.460 e. The van der Waals surface area contributed by atoms with Crippen molar-refractivity contribution < 1.29 is 23.5 Å².